The molecule has 2 atom stereocenters. The normalized spacial score (nSPS) is 19.6. The summed E-state index contributed by atoms with van der Waals surface area (Å²) in [5.41, 5.74) is -0.179. The van der Waals surface area contributed by atoms with E-state index in [-0.39, 0.29) is 24.2 Å². The van der Waals surface area contributed by atoms with Gasteiger partial charge in [-0.2, -0.15) is 0 Å². The van der Waals surface area contributed by atoms with Crippen LogP contribution in [0.25, 0.3) is 0 Å². The second-order valence-corrected chi connectivity index (χ2v) is 6.83. The summed E-state index contributed by atoms with van der Waals surface area (Å²) in [6.45, 7) is 6.66. The molecule has 0 aromatic heterocycles. The second kappa shape index (κ2) is 7.36. The highest BCUT2D eigenvalue weighted by molar-refractivity contribution is 5.77. The van der Waals surface area contributed by atoms with E-state index in [0.717, 1.165) is 12.5 Å². The van der Waals surface area contributed by atoms with Crippen LogP contribution in [0.1, 0.15) is 38.8 Å². The smallest absolute Gasteiger partial charge is 0.246 e. The molecule has 1 heterocycles. The summed E-state index contributed by atoms with van der Waals surface area (Å²) in [5.74, 6) is -1.65. The predicted molar refractivity (Wildman–Crippen MR) is 81.9 cm³/mol. The molecular formula is C17H23F2NO3. The predicted octanol–water partition coefficient (Wildman–Crippen LogP) is 2.97. The number of nitrogens with one attached hydrogen (secondary N) is 1. The van der Waals surface area contributed by atoms with Gasteiger partial charge in [-0.05, 0) is 17.9 Å². The van der Waals surface area contributed by atoms with Crippen molar-refractivity contribution >= 4 is 5.91 Å². The summed E-state index contributed by atoms with van der Waals surface area (Å²) in [7, 11) is 0. The van der Waals surface area contributed by atoms with Gasteiger partial charge in [0.05, 0.1) is 18.8 Å². The molecule has 6 heteroatoms. The Morgan fingerprint density at radius 3 is 2.74 bits per heavy atom. The highest BCUT2D eigenvalue weighted by Crippen LogP contribution is 2.34. The Morgan fingerprint density at radius 1 is 1.43 bits per heavy atom. The van der Waals surface area contributed by atoms with E-state index in [1.807, 2.05) is 20.8 Å². The monoisotopic (exact) mass is 327 g/mol. The summed E-state index contributed by atoms with van der Waals surface area (Å²) in [4.78, 5) is 12.1. The van der Waals surface area contributed by atoms with Gasteiger partial charge < -0.3 is 14.8 Å². The third-order valence-electron chi connectivity index (χ3n) is 3.78. The largest absolute Gasteiger partial charge is 0.379 e. The lowest BCUT2D eigenvalue weighted by Gasteiger charge is -2.32. The maximum absolute atomic E-state index is 14.1. The minimum absolute atomic E-state index is 0.0728. The molecule has 1 amide bonds. The first-order valence-corrected chi connectivity index (χ1v) is 7.71. The van der Waals surface area contributed by atoms with Crippen LogP contribution in [0, 0.1) is 17.0 Å². The van der Waals surface area contributed by atoms with Gasteiger partial charge in [-0.25, -0.2) is 8.78 Å². The third kappa shape index (κ3) is 4.97. The van der Waals surface area contributed by atoms with Crippen LogP contribution in [0.5, 0.6) is 0 Å². The Kier molecular flexibility index (Phi) is 5.70. The number of ether oxygens (including phenoxy) is 2. The zero-order chi connectivity index (χ0) is 17.0. The number of amides is 1. The summed E-state index contributed by atoms with van der Waals surface area (Å²) in [6, 6.07) is 2.80. The second-order valence-electron chi connectivity index (χ2n) is 6.83. The van der Waals surface area contributed by atoms with Gasteiger partial charge >= 0.3 is 0 Å². The molecule has 1 aliphatic heterocycles. The molecule has 1 N–H and O–H groups in total. The van der Waals surface area contributed by atoms with E-state index >= 15 is 0 Å². The van der Waals surface area contributed by atoms with Crippen molar-refractivity contribution in [1.82, 2.24) is 5.32 Å². The van der Waals surface area contributed by atoms with Crippen LogP contribution in [0.15, 0.2) is 18.2 Å². The lowest BCUT2D eigenvalue weighted by molar-refractivity contribution is -0.129. The molecule has 1 saturated heterocycles. The third-order valence-corrected chi connectivity index (χ3v) is 3.78. The minimum atomic E-state index is -0.671. The zero-order valence-electron chi connectivity index (χ0n) is 13.7. The van der Waals surface area contributed by atoms with Gasteiger partial charge in [0.15, 0.2) is 0 Å². The standard InChI is InChI=1S/C17H23F2NO3/c1-17(2,3)16(13-5-4-11(18)8-14(13)19)20-15(21)10-23-12-6-7-22-9-12/h4-5,8,12,16H,6-7,9-10H2,1-3H3,(H,20,21). The van der Waals surface area contributed by atoms with Gasteiger partial charge in [0.1, 0.15) is 18.2 Å². The molecule has 0 saturated carbocycles. The van der Waals surface area contributed by atoms with Crippen molar-refractivity contribution in [2.45, 2.75) is 39.3 Å². The maximum atomic E-state index is 14.1. The van der Waals surface area contributed by atoms with Crippen molar-refractivity contribution in [3.8, 4) is 0 Å². The summed E-state index contributed by atoms with van der Waals surface area (Å²) in [5, 5.41) is 2.79. The van der Waals surface area contributed by atoms with Crippen LogP contribution in [-0.4, -0.2) is 31.8 Å². The molecule has 2 unspecified atom stereocenters. The van der Waals surface area contributed by atoms with Crippen molar-refractivity contribution in [2.75, 3.05) is 19.8 Å². The van der Waals surface area contributed by atoms with E-state index in [0.29, 0.717) is 13.2 Å². The maximum Gasteiger partial charge on any atom is 0.246 e. The van der Waals surface area contributed by atoms with Crippen molar-refractivity contribution in [1.29, 1.82) is 0 Å². The molecule has 0 spiro atoms. The Bertz CT molecular complexity index is 551. The molecule has 0 radical (unpaired) electrons. The number of benzene rings is 1. The van der Waals surface area contributed by atoms with Crippen LogP contribution in [0.2, 0.25) is 0 Å². The zero-order valence-corrected chi connectivity index (χ0v) is 13.7. The molecule has 0 bridgehead atoms. The van der Waals surface area contributed by atoms with Gasteiger partial charge in [-0.3, -0.25) is 4.79 Å². The number of rotatable bonds is 5. The number of carbonyl (C=O) groups excluding carboxylic acids is 1. The van der Waals surface area contributed by atoms with E-state index < -0.39 is 23.1 Å². The molecule has 128 valence electrons. The number of carbonyl (C=O) groups is 1. The van der Waals surface area contributed by atoms with E-state index in [1.54, 1.807) is 0 Å². The number of halogens is 2. The summed E-state index contributed by atoms with van der Waals surface area (Å²) in [6.07, 6.45) is 0.694. The Labute approximate surface area is 135 Å². The molecule has 1 aliphatic rings. The Morgan fingerprint density at radius 2 is 2.17 bits per heavy atom. The highest BCUT2D eigenvalue weighted by atomic mass is 19.1. The van der Waals surface area contributed by atoms with Gasteiger partial charge in [-0.1, -0.05) is 26.8 Å². The van der Waals surface area contributed by atoms with Crippen LogP contribution in [0.4, 0.5) is 8.78 Å². The Hall–Kier alpha value is -1.53. The molecule has 1 aromatic carbocycles. The molecule has 2 rings (SSSR count). The van der Waals surface area contributed by atoms with Crippen molar-refractivity contribution in [3.63, 3.8) is 0 Å². The fraction of sp³-hybridized carbons (Fsp3) is 0.588. The van der Waals surface area contributed by atoms with Crippen molar-refractivity contribution in [2.24, 2.45) is 5.41 Å². The van der Waals surface area contributed by atoms with Crippen molar-refractivity contribution in [3.05, 3.63) is 35.4 Å². The van der Waals surface area contributed by atoms with Crippen LogP contribution >= 0.6 is 0 Å². The quantitative estimate of drug-likeness (QED) is 0.904. The lowest BCUT2D eigenvalue weighted by atomic mass is 9.82. The molecule has 23 heavy (non-hydrogen) atoms. The molecule has 0 aliphatic carbocycles. The minimum Gasteiger partial charge on any atom is -0.379 e. The van der Waals surface area contributed by atoms with Crippen molar-refractivity contribution < 1.29 is 23.0 Å². The first kappa shape index (κ1) is 17.8. The van der Waals surface area contributed by atoms with E-state index in [4.69, 9.17) is 9.47 Å². The number of hydrogen-bond acceptors (Lipinski definition) is 3. The fourth-order valence-corrected chi connectivity index (χ4v) is 2.54. The molecule has 1 fully saturated rings. The van der Waals surface area contributed by atoms with Gasteiger partial charge in [0, 0.05) is 18.2 Å². The Balaban J connectivity index is 2.05. The molecule has 4 nitrogen and oxygen atoms in total. The fourth-order valence-electron chi connectivity index (χ4n) is 2.54. The highest BCUT2D eigenvalue weighted by Gasteiger charge is 2.30. The average Bonchev–Trinajstić information content (AvgIpc) is 2.95. The summed E-state index contributed by atoms with van der Waals surface area (Å²) >= 11 is 0. The molecule has 1 aromatic rings. The van der Waals surface area contributed by atoms with Gasteiger partial charge in [0.2, 0.25) is 5.91 Å². The molecular weight excluding hydrogens is 304 g/mol. The average molecular weight is 327 g/mol. The first-order valence-electron chi connectivity index (χ1n) is 7.71. The SMILES string of the molecule is CC(C)(C)C(NC(=O)COC1CCOC1)c1ccc(F)cc1F. The van der Waals surface area contributed by atoms with Crippen LogP contribution in [-0.2, 0) is 14.3 Å². The summed E-state index contributed by atoms with van der Waals surface area (Å²) < 4.78 is 37.8. The van der Waals surface area contributed by atoms with Crippen LogP contribution < -0.4 is 5.32 Å². The van der Waals surface area contributed by atoms with Gasteiger partial charge in [-0.15, -0.1) is 0 Å². The first-order chi connectivity index (χ1) is 10.8. The number of hydrogen-bond donors (Lipinski definition) is 1. The van der Waals surface area contributed by atoms with Gasteiger partial charge in [0.25, 0.3) is 0 Å². The van der Waals surface area contributed by atoms with E-state index in [9.17, 15) is 13.6 Å². The van der Waals surface area contributed by atoms with E-state index in [2.05, 4.69) is 5.32 Å². The van der Waals surface area contributed by atoms with E-state index in [1.165, 1.54) is 12.1 Å². The van der Waals surface area contributed by atoms with Crippen LogP contribution in [0.3, 0.4) is 0 Å². The topological polar surface area (TPSA) is 47.6 Å². The lowest BCUT2D eigenvalue weighted by Crippen LogP contribution is -2.39.